The number of nitrogens with one attached hydrogen (secondary N) is 1. The van der Waals surface area contributed by atoms with Crippen molar-refractivity contribution in [2.24, 2.45) is 5.92 Å². The smallest absolute Gasteiger partial charge is 0.337 e. The number of nitrogens with zero attached hydrogens (tertiary/aromatic N) is 1. The average Bonchev–Trinajstić information content (AvgIpc) is 2.47. The molecule has 1 aromatic rings. The first-order chi connectivity index (χ1) is 9.99. The van der Waals surface area contributed by atoms with Crippen LogP contribution in [0.25, 0.3) is 0 Å². The molecule has 0 amide bonds. The number of anilines is 1. The number of benzene rings is 1. The zero-order valence-electron chi connectivity index (χ0n) is 11.7. The van der Waals surface area contributed by atoms with Gasteiger partial charge < -0.3 is 15.2 Å². The molecule has 7 heteroatoms. The van der Waals surface area contributed by atoms with Gasteiger partial charge in [-0.05, 0) is 31.7 Å². The first-order valence-corrected chi connectivity index (χ1v) is 6.85. The normalized spacial score (nSPS) is 17.2. The zero-order valence-corrected chi connectivity index (χ0v) is 11.7. The third-order valence-electron chi connectivity index (χ3n) is 3.80. The van der Waals surface area contributed by atoms with E-state index in [0.29, 0.717) is 19.1 Å². The Bertz CT molecular complexity index is 540. The number of hydrogen-bond donors (Lipinski definition) is 2. The number of non-ortho nitro benzene ring substituents is 1. The van der Waals surface area contributed by atoms with E-state index < -0.39 is 10.9 Å². The molecule has 7 nitrogen and oxygen atoms in total. The number of carboxylic acid groups (broad SMARTS) is 1. The number of carboxylic acids is 1. The highest BCUT2D eigenvalue weighted by molar-refractivity contribution is 5.94. The Morgan fingerprint density at radius 1 is 1.48 bits per heavy atom. The average molecular weight is 294 g/mol. The Morgan fingerprint density at radius 2 is 2.14 bits per heavy atom. The third-order valence-corrected chi connectivity index (χ3v) is 3.80. The second-order valence-corrected chi connectivity index (χ2v) is 5.17. The molecule has 0 radical (unpaired) electrons. The second-order valence-electron chi connectivity index (χ2n) is 5.17. The summed E-state index contributed by atoms with van der Waals surface area (Å²) >= 11 is 0. The van der Waals surface area contributed by atoms with Gasteiger partial charge in [-0.25, -0.2) is 4.79 Å². The van der Waals surface area contributed by atoms with Crippen LogP contribution in [0.15, 0.2) is 18.2 Å². The monoisotopic (exact) mass is 294 g/mol. The van der Waals surface area contributed by atoms with Gasteiger partial charge in [-0.15, -0.1) is 0 Å². The van der Waals surface area contributed by atoms with Crippen molar-refractivity contribution < 1.29 is 19.6 Å². The molecular formula is C14H18N2O5. The van der Waals surface area contributed by atoms with Gasteiger partial charge in [0.2, 0.25) is 0 Å². The van der Waals surface area contributed by atoms with Crippen LogP contribution in [0.2, 0.25) is 0 Å². The minimum Gasteiger partial charge on any atom is -0.478 e. The molecule has 1 fully saturated rings. The molecule has 0 saturated carbocycles. The molecule has 1 heterocycles. The van der Waals surface area contributed by atoms with Crippen molar-refractivity contribution in [3.63, 3.8) is 0 Å². The van der Waals surface area contributed by atoms with Gasteiger partial charge in [-0.3, -0.25) is 10.1 Å². The van der Waals surface area contributed by atoms with Crippen LogP contribution < -0.4 is 5.32 Å². The molecule has 1 aliphatic rings. The number of carbonyl (C=O) groups is 1. The second kappa shape index (κ2) is 6.53. The fourth-order valence-corrected chi connectivity index (χ4v) is 2.53. The lowest BCUT2D eigenvalue weighted by Gasteiger charge is -2.29. The molecule has 0 bridgehead atoms. The van der Waals surface area contributed by atoms with Crippen LogP contribution in [0.5, 0.6) is 0 Å². The topological polar surface area (TPSA) is 102 Å². The van der Waals surface area contributed by atoms with Gasteiger partial charge in [0.1, 0.15) is 0 Å². The Balaban J connectivity index is 2.21. The van der Waals surface area contributed by atoms with E-state index >= 15 is 0 Å². The molecule has 1 atom stereocenters. The lowest BCUT2D eigenvalue weighted by molar-refractivity contribution is -0.384. The maximum atomic E-state index is 11.2. The summed E-state index contributed by atoms with van der Waals surface area (Å²) < 4.78 is 5.30. The number of nitro benzene ring substituents is 1. The summed E-state index contributed by atoms with van der Waals surface area (Å²) in [5, 5.41) is 23.1. The Morgan fingerprint density at radius 3 is 2.71 bits per heavy atom. The predicted octanol–water partition coefficient (Wildman–Crippen LogP) is 2.52. The van der Waals surface area contributed by atoms with E-state index in [-0.39, 0.29) is 23.0 Å². The Hall–Kier alpha value is -2.15. The van der Waals surface area contributed by atoms with Gasteiger partial charge in [0.05, 0.1) is 16.2 Å². The van der Waals surface area contributed by atoms with Crippen LogP contribution in [0.3, 0.4) is 0 Å². The predicted molar refractivity (Wildman–Crippen MR) is 76.7 cm³/mol. The molecule has 0 aromatic heterocycles. The molecule has 0 aliphatic carbocycles. The van der Waals surface area contributed by atoms with E-state index in [0.717, 1.165) is 12.8 Å². The van der Waals surface area contributed by atoms with Crippen LogP contribution >= 0.6 is 0 Å². The minimum atomic E-state index is -1.11. The summed E-state index contributed by atoms with van der Waals surface area (Å²) in [6.07, 6.45) is 1.79. The quantitative estimate of drug-likeness (QED) is 0.639. The summed E-state index contributed by atoms with van der Waals surface area (Å²) in [4.78, 5) is 21.5. The third kappa shape index (κ3) is 3.69. The van der Waals surface area contributed by atoms with Crippen molar-refractivity contribution in [3.05, 3.63) is 33.9 Å². The van der Waals surface area contributed by atoms with E-state index in [2.05, 4.69) is 5.32 Å². The lowest BCUT2D eigenvalue weighted by Crippen LogP contribution is -2.31. The van der Waals surface area contributed by atoms with Crippen LogP contribution in [0, 0.1) is 16.0 Å². The van der Waals surface area contributed by atoms with Crippen molar-refractivity contribution in [1.29, 1.82) is 0 Å². The van der Waals surface area contributed by atoms with E-state index in [1.807, 2.05) is 6.92 Å². The van der Waals surface area contributed by atoms with Gasteiger partial charge in [0.15, 0.2) is 0 Å². The largest absolute Gasteiger partial charge is 0.478 e. The van der Waals surface area contributed by atoms with Crippen LogP contribution in [-0.2, 0) is 4.74 Å². The Kier molecular flexibility index (Phi) is 4.74. The van der Waals surface area contributed by atoms with Gasteiger partial charge in [0.25, 0.3) is 5.69 Å². The molecule has 0 spiro atoms. The highest BCUT2D eigenvalue weighted by atomic mass is 16.6. The van der Waals surface area contributed by atoms with E-state index in [4.69, 9.17) is 4.74 Å². The van der Waals surface area contributed by atoms with Crippen molar-refractivity contribution >= 4 is 17.3 Å². The summed E-state index contributed by atoms with van der Waals surface area (Å²) in [6, 6.07) is 3.76. The van der Waals surface area contributed by atoms with Gasteiger partial charge in [-0.1, -0.05) is 0 Å². The first-order valence-electron chi connectivity index (χ1n) is 6.85. The summed E-state index contributed by atoms with van der Waals surface area (Å²) in [5.41, 5.74) is 0.205. The van der Waals surface area contributed by atoms with Gasteiger partial charge in [-0.2, -0.15) is 0 Å². The number of nitro groups is 1. The van der Waals surface area contributed by atoms with Gasteiger partial charge >= 0.3 is 5.97 Å². The highest BCUT2D eigenvalue weighted by Crippen LogP contribution is 2.27. The highest BCUT2D eigenvalue weighted by Gasteiger charge is 2.23. The van der Waals surface area contributed by atoms with Crippen LogP contribution in [0.4, 0.5) is 11.4 Å². The maximum absolute atomic E-state index is 11.2. The summed E-state index contributed by atoms with van der Waals surface area (Å²) in [6.45, 7) is 3.34. The SMILES string of the molecule is CC(Nc1cc([N+](=O)[O-])ccc1C(=O)O)C1CCOCC1. The fourth-order valence-electron chi connectivity index (χ4n) is 2.53. The lowest BCUT2D eigenvalue weighted by atomic mass is 9.92. The molecule has 1 saturated heterocycles. The molecule has 2 N–H and O–H groups in total. The molecule has 1 aromatic carbocycles. The van der Waals surface area contributed by atoms with E-state index in [9.17, 15) is 20.0 Å². The van der Waals surface area contributed by atoms with Crippen molar-refractivity contribution in [1.82, 2.24) is 0 Å². The van der Waals surface area contributed by atoms with E-state index in [1.54, 1.807) is 0 Å². The number of hydrogen-bond acceptors (Lipinski definition) is 5. The molecular weight excluding hydrogens is 276 g/mol. The molecule has 2 rings (SSSR count). The minimum absolute atomic E-state index is 0.0222. The number of rotatable bonds is 5. The molecule has 114 valence electrons. The zero-order chi connectivity index (χ0) is 15.4. The van der Waals surface area contributed by atoms with Crippen molar-refractivity contribution in [2.45, 2.75) is 25.8 Å². The van der Waals surface area contributed by atoms with Crippen LogP contribution in [0.1, 0.15) is 30.1 Å². The van der Waals surface area contributed by atoms with E-state index in [1.165, 1.54) is 18.2 Å². The number of ether oxygens (including phenoxy) is 1. The molecule has 21 heavy (non-hydrogen) atoms. The number of aromatic carboxylic acids is 1. The van der Waals surface area contributed by atoms with Crippen molar-refractivity contribution in [3.8, 4) is 0 Å². The fraction of sp³-hybridized carbons (Fsp3) is 0.500. The Labute approximate surface area is 122 Å². The first kappa shape index (κ1) is 15.2. The molecule has 1 aliphatic heterocycles. The maximum Gasteiger partial charge on any atom is 0.337 e. The standard InChI is InChI=1S/C14H18N2O5/c1-9(10-4-6-21-7-5-10)15-13-8-11(16(19)20)2-3-12(13)14(17)18/h2-3,8-10,15H,4-7H2,1H3,(H,17,18). The summed E-state index contributed by atoms with van der Waals surface area (Å²) in [5.74, 6) is -0.744. The molecule has 1 unspecified atom stereocenters. The summed E-state index contributed by atoms with van der Waals surface area (Å²) in [7, 11) is 0. The van der Waals surface area contributed by atoms with Gasteiger partial charge in [0, 0.05) is 31.4 Å². The van der Waals surface area contributed by atoms with Crippen molar-refractivity contribution in [2.75, 3.05) is 18.5 Å². The van der Waals surface area contributed by atoms with Crippen LogP contribution in [-0.4, -0.2) is 35.3 Å².